The molecule has 2 N–H and O–H groups in total. The molecule has 2 amide bonds. The van der Waals surface area contributed by atoms with Gasteiger partial charge in [0.2, 0.25) is 0 Å². The van der Waals surface area contributed by atoms with E-state index in [-0.39, 0.29) is 12.2 Å². The number of rotatable bonds is 6. The Balaban J connectivity index is 1.93. The summed E-state index contributed by atoms with van der Waals surface area (Å²) >= 11 is 0. The minimum atomic E-state index is -0.967. The summed E-state index contributed by atoms with van der Waals surface area (Å²) in [5.41, 5.74) is 3.44. The molecule has 0 aliphatic carbocycles. The molecule has 2 aromatic rings. The van der Waals surface area contributed by atoms with E-state index in [1.165, 1.54) is 19.1 Å². The van der Waals surface area contributed by atoms with Crippen LogP contribution in [0.25, 0.3) is 0 Å². The second-order valence-electron chi connectivity index (χ2n) is 6.28. The van der Waals surface area contributed by atoms with Crippen LogP contribution < -0.4 is 10.6 Å². The average Bonchev–Trinajstić information content (AvgIpc) is 2.64. The van der Waals surface area contributed by atoms with E-state index in [2.05, 4.69) is 10.6 Å². The predicted octanol–water partition coefficient (Wildman–Crippen LogP) is 4.06. The molecule has 0 aliphatic heterocycles. The Labute approximate surface area is 164 Å². The average molecular weight is 384 g/mol. The number of ether oxygens (including phenoxy) is 2. The van der Waals surface area contributed by atoms with E-state index in [1.54, 1.807) is 19.1 Å². The van der Waals surface area contributed by atoms with Crippen LogP contribution in [0.15, 0.2) is 42.5 Å². The van der Waals surface area contributed by atoms with Crippen LogP contribution in [0.5, 0.6) is 0 Å². The van der Waals surface area contributed by atoms with Crippen molar-refractivity contribution < 1.29 is 23.9 Å². The summed E-state index contributed by atoms with van der Waals surface area (Å²) in [6, 6.07) is 11.8. The number of anilines is 2. The van der Waals surface area contributed by atoms with Crippen molar-refractivity contribution in [1.29, 1.82) is 0 Å². The fraction of sp³-hybridized carbons (Fsp3) is 0.286. The molecule has 0 fully saturated rings. The maximum atomic E-state index is 12.3. The van der Waals surface area contributed by atoms with Gasteiger partial charge in [-0.25, -0.2) is 9.59 Å². The lowest BCUT2D eigenvalue weighted by atomic mass is 10.1. The number of carbonyl (C=O) groups is 3. The minimum absolute atomic E-state index is 0.262. The normalized spacial score (nSPS) is 11.3. The van der Waals surface area contributed by atoms with Gasteiger partial charge in [0.15, 0.2) is 6.10 Å². The van der Waals surface area contributed by atoms with E-state index in [0.29, 0.717) is 11.4 Å². The highest BCUT2D eigenvalue weighted by atomic mass is 16.6. The van der Waals surface area contributed by atoms with Crippen molar-refractivity contribution in [2.24, 2.45) is 0 Å². The fourth-order valence-electron chi connectivity index (χ4n) is 2.44. The van der Waals surface area contributed by atoms with Gasteiger partial charge in [-0.05, 0) is 63.6 Å². The molecule has 0 saturated carbocycles. The lowest BCUT2D eigenvalue weighted by Crippen LogP contribution is -2.30. The van der Waals surface area contributed by atoms with Gasteiger partial charge in [0.25, 0.3) is 5.91 Å². The zero-order valence-electron chi connectivity index (χ0n) is 16.4. The van der Waals surface area contributed by atoms with Crippen LogP contribution in [0, 0.1) is 13.8 Å². The van der Waals surface area contributed by atoms with E-state index in [0.717, 1.165) is 11.1 Å². The van der Waals surface area contributed by atoms with Crippen LogP contribution >= 0.6 is 0 Å². The molecule has 1 atom stereocenters. The van der Waals surface area contributed by atoms with Gasteiger partial charge in [0, 0.05) is 11.4 Å². The van der Waals surface area contributed by atoms with E-state index < -0.39 is 24.1 Å². The quantitative estimate of drug-likeness (QED) is 0.733. The first kappa shape index (κ1) is 21.0. The molecule has 0 aliphatic rings. The first-order chi connectivity index (χ1) is 13.3. The molecule has 148 valence electrons. The molecule has 7 nitrogen and oxygen atoms in total. The Morgan fingerprint density at radius 3 is 2.29 bits per heavy atom. The number of aryl methyl sites for hydroxylation is 2. The topological polar surface area (TPSA) is 93.7 Å². The van der Waals surface area contributed by atoms with Crippen molar-refractivity contribution in [3.05, 3.63) is 59.2 Å². The molecule has 0 aromatic heterocycles. The number of hydrogen-bond acceptors (Lipinski definition) is 5. The zero-order valence-corrected chi connectivity index (χ0v) is 16.4. The van der Waals surface area contributed by atoms with Gasteiger partial charge >= 0.3 is 12.1 Å². The third kappa shape index (κ3) is 5.84. The highest BCUT2D eigenvalue weighted by Crippen LogP contribution is 2.17. The van der Waals surface area contributed by atoms with Crippen LogP contribution in [0.4, 0.5) is 16.2 Å². The molecule has 0 saturated heterocycles. The number of esters is 1. The Bertz CT molecular complexity index is 862. The van der Waals surface area contributed by atoms with Crippen molar-refractivity contribution in [1.82, 2.24) is 0 Å². The first-order valence-electron chi connectivity index (χ1n) is 8.93. The molecular weight excluding hydrogens is 360 g/mol. The van der Waals surface area contributed by atoms with Crippen LogP contribution in [0.2, 0.25) is 0 Å². The number of amides is 2. The Morgan fingerprint density at radius 2 is 1.68 bits per heavy atom. The smallest absolute Gasteiger partial charge is 0.411 e. The molecule has 2 aromatic carbocycles. The molecule has 7 heteroatoms. The van der Waals surface area contributed by atoms with E-state index in [4.69, 9.17) is 9.47 Å². The molecule has 0 radical (unpaired) electrons. The predicted molar refractivity (Wildman–Crippen MR) is 107 cm³/mol. The summed E-state index contributed by atoms with van der Waals surface area (Å²) in [4.78, 5) is 35.9. The Morgan fingerprint density at radius 1 is 1.00 bits per heavy atom. The second kappa shape index (κ2) is 9.55. The monoisotopic (exact) mass is 384 g/mol. The van der Waals surface area contributed by atoms with Crippen LogP contribution in [0.3, 0.4) is 0 Å². The molecule has 28 heavy (non-hydrogen) atoms. The largest absolute Gasteiger partial charge is 0.450 e. The van der Waals surface area contributed by atoms with E-state index in [9.17, 15) is 14.4 Å². The summed E-state index contributed by atoms with van der Waals surface area (Å²) < 4.78 is 10.0. The number of hydrogen-bond donors (Lipinski definition) is 2. The van der Waals surface area contributed by atoms with E-state index >= 15 is 0 Å². The Hall–Kier alpha value is -3.35. The molecule has 1 unspecified atom stereocenters. The van der Waals surface area contributed by atoms with Gasteiger partial charge in [0.1, 0.15) is 0 Å². The van der Waals surface area contributed by atoms with Crippen molar-refractivity contribution in [3.8, 4) is 0 Å². The minimum Gasteiger partial charge on any atom is -0.450 e. The fourth-order valence-corrected chi connectivity index (χ4v) is 2.44. The van der Waals surface area contributed by atoms with E-state index in [1.807, 2.05) is 32.0 Å². The standard InChI is InChI=1S/C21H24N2O5/c1-5-27-21(26)22-17-9-7-16(8-10-17)20(25)28-15(4)19(24)23-18-11-6-13(2)12-14(18)3/h6-12,15H,5H2,1-4H3,(H,22,26)(H,23,24). The third-order valence-electron chi connectivity index (χ3n) is 3.94. The molecule has 0 spiro atoms. The van der Waals surface area contributed by atoms with Crippen molar-refractivity contribution in [2.75, 3.05) is 17.2 Å². The summed E-state index contributed by atoms with van der Waals surface area (Å²) in [5, 5.41) is 5.29. The third-order valence-corrected chi connectivity index (χ3v) is 3.94. The maximum absolute atomic E-state index is 12.3. The summed E-state index contributed by atoms with van der Waals surface area (Å²) in [6.07, 6.45) is -1.54. The lowest BCUT2D eigenvalue weighted by molar-refractivity contribution is -0.123. The van der Waals surface area contributed by atoms with Crippen LogP contribution in [-0.2, 0) is 14.3 Å². The molecule has 2 rings (SSSR count). The van der Waals surface area contributed by atoms with Crippen molar-refractivity contribution in [3.63, 3.8) is 0 Å². The molecule has 0 bridgehead atoms. The van der Waals surface area contributed by atoms with Crippen molar-refractivity contribution >= 4 is 29.3 Å². The number of benzene rings is 2. The second-order valence-corrected chi connectivity index (χ2v) is 6.28. The van der Waals surface area contributed by atoms with Gasteiger partial charge in [-0.2, -0.15) is 0 Å². The summed E-state index contributed by atoms with van der Waals surface area (Å²) in [6.45, 7) is 7.34. The van der Waals surface area contributed by atoms with Crippen LogP contribution in [0.1, 0.15) is 35.3 Å². The number of nitrogens with one attached hydrogen (secondary N) is 2. The Kier molecular flexibility index (Phi) is 7.14. The lowest BCUT2D eigenvalue weighted by Gasteiger charge is -2.15. The summed E-state index contributed by atoms with van der Waals surface area (Å²) in [7, 11) is 0. The molecular formula is C21H24N2O5. The van der Waals surface area contributed by atoms with Gasteiger partial charge in [0.05, 0.1) is 12.2 Å². The van der Waals surface area contributed by atoms with Gasteiger partial charge in [-0.3, -0.25) is 10.1 Å². The van der Waals surface area contributed by atoms with Gasteiger partial charge < -0.3 is 14.8 Å². The van der Waals surface area contributed by atoms with Gasteiger partial charge in [-0.1, -0.05) is 17.7 Å². The first-order valence-corrected chi connectivity index (χ1v) is 8.93. The zero-order chi connectivity index (χ0) is 20.7. The highest BCUT2D eigenvalue weighted by Gasteiger charge is 2.19. The van der Waals surface area contributed by atoms with Crippen molar-refractivity contribution in [2.45, 2.75) is 33.8 Å². The maximum Gasteiger partial charge on any atom is 0.411 e. The highest BCUT2D eigenvalue weighted by molar-refractivity contribution is 5.98. The SMILES string of the molecule is CCOC(=O)Nc1ccc(C(=O)OC(C)C(=O)Nc2ccc(C)cc2C)cc1. The number of carbonyl (C=O) groups excluding carboxylic acids is 3. The molecule has 0 heterocycles. The van der Waals surface area contributed by atoms with Crippen LogP contribution in [-0.4, -0.2) is 30.7 Å². The summed E-state index contributed by atoms with van der Waals surface area (Å²) in [5.74, 6) is -1.05. The van der Waals surface area contributed by atoms with Gasteiger partial charge in [-0.15, -0.1) is 0 Å².